The summed E-state index contributed by atoms with van der Waals surface area (Å²) in [7, 11) is 0. The minimum atomic E-state index is -0.596. The van der Waals surface area contributed by atoms with Gasteiger partial charge in [0.1, 0.15) is 5.82 Å². The zero-order chi connectivity index (χ0) is 14.1. The van der Waals surface area contributed by atoms with Gasteiger partial charge >= 0.3 is 0 Å². The molecule has 2 aromatic carbocycles. The molecular formula is C16H13ClFNO. The van der Waals surface area contributed by atoms with Gasteiger partial charge in [-0.25, -0.2) is 4.39 Å². The first-order chi connectivity index (χ1) is 9.66. The van der Waals surface area contributed by atoms with Crippen LogP contribution >= 0.6 is 11.6 Å². The summed E-state index contributed by atoms with van der Waals surface area (Å²) < 4.78 is 13.7. The number of halogens is 2. The number of carbonyl (C=O) groups excluding carboxylic acids is 1. The summed E-state index contributed by atoms with van der Waals surface area (Å²) in [6.07, 6.45) is 1.75. The number of hydrogen-bond donors (Lipinski definition) is 1. The number of hydrogen-bond acceptors (Lipinski definition) is 1. The molecule has 0 aromatic heterocycles. The van der Waals surface area contributed by atoms with Crippen LogP contribution in [0.15, 0.2) is 42.5 Å². The van der Waals surface area contributed by atoms with Crippen molar-refractivity contribution in [3.05, 3.63) is 70.0 Å². The first-order valence-electron chi connectivity index (χ1n) is 6.49. The van der Waals surface area contributed by atoms with E-state index in [1.54, 1.807) is 0 Å². The quantitative estimate of drug-likeness (QED) is 0.893. The minimum Gasteiger partial charge on any atom is -0.345 e. The highest BCUT2D eigenvalue weighted by Gasteiger charge is 2.25. The second kappa shape index (κ2) is 5.25. The fourth-order valence-electron chi connectivity index (χ4n) is 2.65. The first-order valence-corrected chi connectivity index (χ1v) is 6.87. The van der Waals surface area contributed by atoms with Gasteiger partial charge in [0, 0.05) is 0 Å². The van der Waals surface area contributed by atoms with Gasteiger partial charge in [-0.05, 0) is 36.1 Å². The Morgan fingerprint density at radius 3 is 2.80 bits per heavy atom. The molecule has 102 valence electrons. The number of amides is 1. The van der Waals surface area contributed by atoms with E-state index < -0.39 is 11.7 Å². The third-order valence-corrected chi connectivity index (χ3v) is 3.94. The van der Waals surface area contributed by atoms with Crippen LogP contribution in [-0.2, 0) is 6.42 Å². The van der Waals surface area contributed by atoms with Crippen LogP contribution in [0, 0.1) is 5.82 Å². The number of nitrogens with one attached hydrogen (secondary N) is 1. The van der Waals surface area contributed by atoms with Crippen LogP contribution in [0.4, 0.5) is 4.39 Å². The lowest BCUT2D eigenvalue weighted by atomic mass is 10.1. The molecule has 1 aliphatic carbocycles. The predicted molar refractivity (Wildman–Crippen MR) is 76.4 cm³/mol. The molecule has 2 aromatic rings. The summed E-state index contributed by atoms with van der Waals surface area (Å²) in [6, 6.07) is 12.1. The summed E-state index contributed by atoms with van der Waals surface area (Å²) in [4.78, 5) is 12.2. The Morgan fingerprint density at radius 2 is 2.00 bits per heavy atom. The van der Waals surface area contributed by atoms with Crippen LogP contribution < -0.4 is 5.32 Å². The van der Waals surface area contributed by atoms with E-state index in [4.69, 9.17) is 11.6 Å². The van der Waals surface area contributed by atoms with Gasteiger partial charge in [-0.1, -0.05) is 41.9 Å². The van der Waals surface area contributed by atoms with Crippen molar-refractivity contribution in [2.45, 2.75) is 18.9 Å². The average molecular weight is 290 g/mol. The summed E-state index contributed by atoms with van der Waals surface area (Å²) in [5.41, 5.74) is 2.25. The molecule has 3 rings (SSSR count). The molecule has 0 unspecified atom stereocenters. The van der Waals surface area contributed by atoms with E-state index in [2.05, 4.69) is 11.4 Å². The number of aryl methyl sites for hydroxylation is 1. The first kappa shape index (κ1) is 13.1. The van der Waals surface area contributed by atoms with Gasteiger partial charge in [-0.15, -0.1) is 0 Å². The summed E-state index contributed by atoms with van der Waals surface area (Å²) >= 11 is 5.91. The average Bonchev–Trinajstić information content (AvgIpc) is 2.82. The molecule has 1 N–H and O–H groups in total. The minimum absolute atomic E-state index is 0.0747. The molecule has 2 nitrogen and oxygen atoms in total. The van der Waals surface area contributed by atoms with Gasteiger partial charge in [0.25, 0.3) is 5.91 Å². The van der Waals surface area contributed by atoms with Gasteiger partial charge in [-0.2, -0.15) is 0 Å². The molecule has 0 spiro atoms. The number of fused-ring (bicyclic) bond motifs is 1. The van der Waals surface area contributed by atoms with Crippen LogP contribution in [-0.4, -0.2) is 5.91 Å². The van der Waals surface area contributed by atoms with Gasteiger partial charge < -0.3 is 5.32 Å². The van der Waals surface area contributed by atoms with Gasteiger partial charge in [0.2, 0.25) is 0 Å². The van der Waals surface area contributed by atoms with Crippen LogP contribution in [0.1, 0.15) is 33.9 Å². The highest BCUT2D eigenvalue weighted by atomic mass is 35.5. The molecular weight excluding hydrogens is 277 g/mol. The molecule has 1 aliphatic rings. The molecule has 20 heavy (non-hydrogen) atoms. The van der Waals surface area contributed by atoms with Crippen molar-refractivity contribution in [1.29, 1.82) is 0 Å². The van der Waals surface area contributed by atoms with E-state index in [1.165, 1.54) is 23.8 Å². The molecule has 1 amide bonds. The molecule has 0 aliphatic heterocycles. The molecule has 0 saturated heterocycles. The maximum absolute atomic E-state index is 13.7. The fourth-order valence-corrected chi connectivity index (χ4v) is 2.90. The Balaban J connectivity index is 1.85. The van der Waals surface area contributed by atoms with E-state index >= 15 is 0 Å². The molecule has 0 fully saturated rings. The lowest BCUT2D eigenvalue weighted by Crippen LogP contribution is -2.28. The molecule has 0 radical (unpaired) electrons. The predicted octanol–water partition coefficient (Wildman–Crippen LogP) is 3.90. The van der Waals surface area contributed by atoms with Crippen molar-refractivity contribution in [1.82, 2.24) is 5.32 Å². The zero-order valence-electron chi connectivity index (χ0n) is 10.7. The third kappa shape index (κ3) is 2.29. The molecule has 1 atom stereocenters. The normalized spacial score (nSPS) is 16.8. The van der Waals surface area contributed by atoms with Crippen LogP contribution in [0.3, 0.4) is 0 Å². The second-order valence-electron chi connectivity index (χ2n) is 4.86. The third-order valence-electron chi connectivity index (χ3n) is 3.63. The second-order valence-corrected chi connectivity index (χ2v) is 5.27. The summed E-state index contributed by atoms with van der Waals surface area (Å²) in [6.45, 7) is 0. The van der Waals surface area contributed by atoms with Crippen molar-refractivity contribution >= 4 is 17.5 Å². The molecule has 0 bridgehead atoms. The van der Waals surface area contributed by atoms with Gasteiger partial charge in [0.05, 0.1) is 16.6 Å². The summed E-state index contributed by atoms with van der Waals surface area (Å²) in [5.74, 6) is -1.06. The topological polar surface area (TPSA) is 29.1 Å². The van der Waals surface area contributed by atoms with E-state index in [0.717, 1.165) is 18.4 Å². The lowest BCUT2D eigenvalue weighted by Gasteiger charge is -2.15. The molecule has 0 heterocycles. The SMILES string of the molecule is O=C(N[C@@H]1CCc2ccccc21)c1c(F)cccc1Cl. The largest absolute Gasteiger partial charge is 0.345 e. The Kier molecular flexibility index (Phi) is 3.45. The van der Waals surface area contributed by atoms with Crippen molar-refractivity contribution in [3.63, 3.8) is 0 Å². The number of carbonyl (C=O) groups is 1. The van der Waals surface area contributed by atoms with E-state index in [1.807, 2.05) is 18.2 Å². The Labute approximate surface area is 121 Å². The summed E-state index contributed by atoms with van der Waals surface area (Å²) in [5, 5.41) is 3.00. The zero-order valence-corrected chi connectivity index (χ0v) is 11.5. The van der Waals surface area contributed by atoms with Crippen molar-refractivity contribution < 1.29 is 9.18 Å². The van der Waals surface area contributed by atoms with Crippen molar-refractivity contribution in [2.24, 2.45) is 0 Å². The highest BCUT2D eigenvalue weighted by Crippen LogP contribution is 2.31. The number of rotatable bonds is 2. The van der Waals surface area contributed by atoms with Crippen molar-refractivity contribution in [3.8, 4) is 0 Å². The van der Waals surface area contributed by atoms with Crippen LogP contribution in [0.5, 0.6) is 0 Å². The molecule has 0 saturated carbocycles. The standard InChI is InChI=1S/C16H13ClFNO/c17-12-6-3-7-13(18)15(12)16(20)19-14-9-8-10-4-1-2-5-11(10)14/h1-7,14H,8-9H2,(H,19,20)/t14-/m1/s1. The lowest BCUT2D eigenvalue weighted by molar-refractivity contribution is 0.0933. The maximum atomic E-state index is 13.7. The Morgan fingerprint density at radius 1 is 1.20 bits per heavy atom. The van der Waals surface area contributed by atoms with Crippen molar-refractivity contribution in [2.75, 3.05) is 0 Å². The number of benzene rings is 2. The van der Waals surface area contributed by atoms with Gasteiger partial charge in [-0.3, -0.25) is 4.79 Å². The Bertz CT molecular complexity index is 651. The van der Waals surface area contributed by atoms with Crippen LogP contribution in [0.25, 0.3) is 0 Å². The van der Waals surface area contributed by atoms with Crippen LogP contribution in [0.2, 0.25) is 5.02 Å². The molecule has 4 heteroatoms. The van der Waals surface area contributed by atoms with Gasteiger partial charge in [0.15, 0.2) is 0 Å². The van der Waals surface area contributed by atoms with E-state index in [9.17, 15) is 9.18 Å². The maximum Gasteiger partial charge on any atom is 0.256 e. The smallest absolute Gasteiger partial charge is 0.256 e. The Hall–Kier alpha value is -1.87. The van der Waals surface area contributed by atoms with E-state index in [-0.39, 0.29) is 16.6 Å². The fraction of sp³-hybridized carbons (Fsp3) is 0.188. The van der Waals surface area contributed by atoms with E-state index in [0.29, 0.717) is 0 Å². The highest BCUT2D eigenvalue weighted by molar-refractivity contribution is 6.33. The monoisotopic (exact) mass is 289 g/mol.